The van der Waals surface area contributed by atoms with Crippen LogP contribution in [0.25, 0.3) is 11.1 Å². The van der Waals surface area contributed by atoms with Gasteiger partial charge in [-0.3, -0.25) is 9.59 Å². The fraction of sp³-hybridized carbons (Fsp3) is 0.321. The average Bonchev–Trinajstić information content (AvgIpc) is 2.90. The number of phenolic OH excluding ortho intramolecular Hbond substituents is 1. The first-order valence-corrected chi connectivity index (χ1v) is 12.2. The Morgan fingerprint density at radius 3 is 2.62 bits per heavy atom. The van der Waals surface area contributed by atoms with Gasteiger partial charge in [-0.15, -0.1) is 0 Å². The lowest BCUT2D eigenvalue weighted by Gasteiger charge is -2.29. The molecule has 1 aliphatic rings. The van der Waals surface area contributed by atoms with Crippen molar-refractivity contribution in [3.05, 3.63) is 71.7 Å². The minimum Gasteiger partial charge on any atom is -0.508 e. The summed E-state index contributed by atoms with van der Waals surface area (Å²) in [6.45, 7) is 1.92. The van der Waals surface area contributed by atoms with Gasteiger partial charge in [0.15, 0.2) is 0 Å². The van der Waals surface area contributed by atoms with Crippen molar-refractivity contribution < 1.29 is 23.8 Å². The van der Waals surface area contributed by atoms with Crippen LogP contribution in [0.2, 0.25) is 0 Å². The minimum atomic E-state index is -0.879. The summed E-state index contributed by atoms with van der Waals surface area (Å²) in [6.07, 6.45) is 3.71. The molecule has 1 saturated carbocycles. The molecule has 4 rings (SSSR count). The van der Waals surface area contributed by atoms with E-state index < -0.39 is 11.9 Å². The highest BCUT2D eigenvalue weighted by Crippen LogP contribution is 2.34. The highest BCUT2D eigenvalue weighted by atomic mass is 19.1. The molecule has 3 aromatic rings. The Balaban J connectivity index is 1.41. The SMILES string of the molecule is COc1cc(C)ccc1-c1cc(NC(=O)[C@H]2CCC[C@@H](NC(=O)[C@H](N)c3ccc(O)cc3)C2)ncc1F. The number of nitrogens with zero attached hydrogens (tertiary/aromatic N) is 1. The van der Waals surface area contributed by atoms with Crippen LogP contribution < -0.4 is 21.1 Å². The Labute approximate surface area is 215 Å². The number of phenols is 1. The third kappa shape index (κ3) is 6.24. The van der Waals surface area contributed by atoms with E-state index >= 15 is 0 Å². The minimum absolute atomic E-state index is 0.0956. The summed E-state index contributed by atoms with van der Waals surface area (Å²) in [5.41, 5.74) is 8.49. The Bertz CT molecular complexity index is 1280. The molecule has 0 radical (unpaired) electrons. The maximum absolute atomic E-state index is 14.7. The number of methoxy groups -OCH3 is 1. The first-order valence-electron chi connectivity index (χ1n) is 12.2. The van der Waals surface area contributed by atoms with Gasteiger partial charge < -0.3 is 26.2 Å². The predicted molar refractivity (Wildman–Crippen MR) is 138 cm³/mol. The smallest absolute Gasteiger partial charge is 0.241 e. The molecule has 0 aliphatic heterocycles. The number of benzene rings is 2. The number of ether oxygens (including phenoxy) is 1. The monoisotopic (exact) mass is 506 g/mol. The number of pyridine rings is 1. The van der Waals surface area contributed by atoms with Crippen LogP contribution in [0.1, 0.15) is 42.9 Å². The van der Waals surface area contributed by atoms with E-state index in [1.54, 1.807) is 18.2 Å². The number of aromatic hydroxyl groups is 1. The lowest BCUT2D eigenvalue weighted by Crippen LogP contribution is -2.44. The first-order chi connectivity index (χ1) is 17.7. The van der Waals surface area contributed by atoms with Crippen molar-refractivity contribution in [2.75, 3.05) is 12.4 Å². The molecule has 2 amide bonds. The first kappa shape index (κ1) is 26.1. The number of aromatic nitrogens is 1. The second-order valence-electron chi connectivity index (χ2n) is 9.38. The largest absolute Gasteiger partial charge is 0.508 e. The molecule has 5 N–H and O–H groups in total. The Kier molecular flexibility index (Phi) is 8.03. The van der Waals surface area contributed by atoms with E-state index in [4.69, 9.17) is 10.5 Å². The molecule has 1 aliphatic carbocycles. The molecule has 3 atom stereocenters. The predicted octanol–water partition coefficient (Wildman–Crippen LogP) is 4.22. The van der Waals surface area contributed by atoms with E-state index in [0.29, 0.717) is 29.7 Å². The molecular weight excluding hydrogens is 475 g/mol. The maximum Gasteiger partial charge on any atom is 0.241 e. The molecule has 9 heteroatoms. The molecule has 1 fully saturated rings. The number of halogens is 1. The van der Waals surface area contributed by atoms with E-state index in [-0.39, 0.29) is 40.9 Å². The zero-order chi connectivity index (χ0) is 26.5. The summed E-state index contributed by atoms with van der Waals surface area (Å²) in [4.78, 5) is 29.8. The Morgan fingerprint density at radius 1 is 1.14 bits per heavy atom. The van der Waals surface area contributed by atoms with Gasteiger partial charge in [0.25, 0.3) is 0 Å². The molecule has 2 aromatic carbocycles. The van der Waals surface area contributed by atoms with Crippen molar-refractivity contribution in [2.24, 2.45) is 11.7 Å². The molecule has 8 nitrogen and oxygen atoms in total. The van der Waals surface area contributed by atoms with Crippen LogP contribution in [0.15, 0.2) is 54.7 Å². The van der Waals surface area contributed by atoms with Gasteiger partial charge in [-0.05, 0) is 61.6 Å². The number of rotatable bonds is 7. The molecule has 0 bridgehead atoms. The Hall–Kier alpha value is -3.98. The van der Waals surface area contributed by atoms with Crippen LogP contribution in [0, 0.1) is 18.7 Å². The van der Waals surface area contributed by atoms with Crippen molar-refractivity contribution in [3.8, 4) is 22.6 Å². The van der Waals surface area contributed by atoms with Gasteiger partial charge in [0.1, 0.15) is 29.2 Å². The topological polar surface area (TPSA) is 127 Å². The number of nitrogens with two attached hydrogens (primary N) is 1. The van der Waals surface area contributed by atoms with E-state index in [1.165, 1.54) is 25.3 Å². The summed E-state index contributed by atoms with van der Waals surface area (Å²) >= 11 is 0. The third-order valence-corrected chi connectivity index (χ3v) is 6.68. The van der Waals surface area contributed by atoms with Crippen molar-refractivity contribution in [2.45, 2.75) is 44.7 Å². The lowest BCUT2D eigenvalue weighted by molar-refractivity contribution is -0.125. The van der Waals surface area contributed by atoms with E-state index in [1.807, 2.05) is 19.1 Å². The number of carbonyl (C=O) groups is 2. The zero-order valence-electron chi connectivity index (χ0n) is 20.8. The normalized spacial score (nSPS) is 18.1. The molecular formula is C28H31FN4O4. The summed E-state index contributed by atoms with van der Waals surface area (Å²) < 4.78 is 20.1. The zero-order valence-corrected chi connectivity index (χ0v) is 20.8. The van der Waals surface area contributed by atoms with Crippen LogP contribution in [0.5, 0.6) is 11.5 Å². The number of carbonyl (C=O) groups excluding carboxylic acids is 2. The number of anilines is 1. The van der Waals surface area contributed by atoms with Gasteiger partial charge in [-0.2, -0.15) is 0 Å². The van der Waals surface area contributed by atoms with Gasteiger partial charge in [-0.25, -0.2) is 9.37 Å². The van der Waals surface area contributed by atoms with E-state index in [9.17, 15) is 19.1 Å². The molecule has 0 unspecified atom stereocenters. The standard InChI is InChI=1S/C28H31FN4O4/c1-16-6-11-21(24(12-16)37-2)22-14-25(31-15-23(22)29)33-27(35)18-4-3-5-19(13-18)32-28(36)26(30)17-7-9-20(34)10-8-17/h6-12,14-15,18-19,26,34H,3-5,13,30H2,1-2H3,(H,32,36)(H,31,33,35)/t18-,19+,26+/m0/s1. The quantitative estimate of drug-likeness (QED) is 0.380. The van der Waals surface area contributed by atoms with Crippen LogP contribution in [0.4, 0.5) is 10.2 Å². The maximum atomic E-state index is 14.7. The van der Waals surface area contributed by atoms with Crippen LogP contribution in [0.3, 0.4) is 0 Å². The molecule has 1 aromatic heterocycles. The van der Waals surface area contributed by atoms with Gasteiger partial charge in [0, 0.05) is 23.1 Å². The van der Waals surface area contributed by atoms with Gasteiger partial charge in [-0.1, -0.05) is 30.7 Å². The van der Waals surface area contributed by atoms with Crippen molar-refractivity contribution >= 4 is 17.6 Å². The second-order valence-corrected chi connectivity index (χ2v) is 9.38. The third-order valence-electron chi connectivity index (χ3n) is 6.68. The molecule has 194 valence electrons. The van der Waals surface area contributed by atoms with Crippen molar-refractivity contribution in [1.29, 1.82) is 0 Å². The van der Waals surface area contributed by atoms with Crippen LogP contribution >= 0.6 is 0 Å². The van der Waals surface area contributed by atoms with Crippen LogP contribution in [-0.4, -0.2) is 35.1 Å². The second kappa shape index (κ2) is 11.4. The van der Waals surface area contributed by atoms with E-state index in [0.717, 1.165) is 24.6 Å². The number of hydrogen-bond acceptors (Lipinski definition) is 6. The summed E-state index contributed by atoms with van der Waals surface area (Å²) in [7, 11) is 1.52. The fourth-order valence-electron chi connectivity index (χ4n) is 4.65. The number of aryl methyl sites for hydroxylation is 1. The summed E-state index contributed by atoms with van der Waals surface area (Å²) in [6, 6.07) is 12.0. The Morgan fingerprint density at radius 2 is 1.89 bits per heavy atom. The number of amides is 2. The number of nitrogens with one attached hydrogen (secondary N) is 2. The van der Waals surface area contributed by atoms with Crippen LogP contribution in [-0.2, 0) is 9.59 Å². The number of hydrogen-bond donors (Lipinski definition) is 4. The molecule has 37 heavy (non-hydrogen) atoms. The lowest BCUT2D eigenvalue weighted by atomic mass is 9.85. The average molecular weight is 507 g/mol. The summed E-state index contributed by atoms with van der Waals surface area (Å²) in [5.74, 6) is -0.573. The van der Waals surface area contributed by atoms with Gasteiger partial charge >= 0.3 is 0 Å². The van der Waals surface area contributed by atoms with Gasteiger partial charge in [0.2, 0.25) is 11.8 Å². The highest BCUT2D eigenvalue weighted by molar-refractivity contribution is 5.92. The van der Waals surface area contributed by atoms with Gasteiger partial charge in [0.05, 0.1) is 13.3 Å². The molecule has 1 heterocycles. The molecule has 0 spiro atoms. The van der Waals surface area contributed by atoms with Crippen molar-refractivity contribution in [3.63, 3.8) is 0 Å². The molecule has 0 saturated heterocycles. The summed E-state index contributed by atoms with van der Waals surface area (Å²) in [5, 5.41) is 15.2. The fourth-order valence-corrected chi connectivity index (χ4v) is 4.65. The van der Waals surface area contributed by atoms with Crippen molar-refractivity contribution in [1.82, 2.24) is 10.3 Å². The van der Waals surface area contributed by atoms with E-state index in [2.05, 4.69) is 15.6 Å². The highest BCUT2D eigenvalue weighted by Gasteiger charge is 2.30.